The van der Waals surface area contributed by atoms with Gasteiger partial charge in [0.15, 0.2) is 0 Å². The van der Waals surface area contributed by atoms with Gasteiger partial charge in [-0.2, -0.15) is 0 Å². The summed E-state index contributed by atoms with van der Waals surface area (Å²) in [7, 11) is -2.66. The first-order chi connectivity index (χ1) is 11.3. The van der Waals surface area contributed by atoms with Crippen molar-refractivity contribution in [3.05, 3.63) is 59.7 Å². The van der Waals surface area contributed by atoms with Gasteiger partial charge in [0, 0.05) is 5.56 Å². The molecule has 0 radical (unpaired) electrons. The van der Waals surface area contributed by atoms with E-state index in [2.05, 4.69) is 10.9 Å². The van der Waals surface area contributed by atoms with Gasteiger partial charge in [-0.05, 0) is 30.3 Å². The van der Waals surface area contributed by atoms with Gasteiger partial charge in [-0.15, -0.1) is 0 Å². The van der Waals surface area contributed by atoms with Crippen molar-refractivity contribution in [1.82, 2.24) is 10.9 Å². The number of ether oxygens (including phenoxy) is 1. The zero-order valence-electron chi connectivity index (χ0n) is 12.6. The Morgan fingerprint density at radius 1 is 1.00 bits per heavy atom. The summed E-state index contributed by atoms with van der Waals surface area (Å²) in [5.41, 5.74) is 4.69. The Labute approximate surface area is 138 Å². The molecule has 0 aliphatic carbocycles. The smallest absolute Gasteiger partial charge is 0.273 e. The molecule has 4 N–H and O–H groups in total. The van der Waals surface area contributed by atoms with Crippen molar-refractivity contribution in [1.29, 1.82) is 0 Å². The molecule has 0 spiro atoms. The van der Waals surface area contributed by atoms with E-state index in [0.717, 1.165) is 6.07 Å². The average molecular weight is 349 g/mol. The number of carbonyl (C=O) groups excluding carboxylic acids is 2. The second-order valence-corrected chi connectivity index (χ2v) is 6.24. The van der Waals surface area contributed by atoms with E-state index in [1.807, 2.05) is 0 Å². The monoisotopic (exact) mass is 349 g/mol. The molecule has 24 heavy (non-hydrogen) atoms. The van der Waals surface area contributed by atoms with Gasteiger partial charge in [0.2, 0.25) is 10.0 Å². The third-order valence-corrected chi connectivity index (χ3v) is 3.98. The molecule has 2 aromatic carbocycles. The van der Waals surface area contributed by atoms with E-state index in [-0.39, 0.29) is 16.2 Å². The van der Waals surface area contributed by atoms with Crippen molar-refractivity contribution >= 4 is 21.8 Å². The Kier molecular flexibility index (Phi) is 5.17. The van der Waals surface area contributed by atoms with Crippen LogP contribution in [0.4, 0.5) is 0 Å². The van der Waals surface area contributed by atoms with Gasteiger partial charge in [-0.1, -0.05) is 18.2 Å². The quantitative estimate of drug-likeness (QED) is 0.689. The summed E-state index contributed by atoms with van der Waals surface area (Å²) in [4.78, 5) is 23.8. The lowest BCUT2D eigenvalue weighted by molar-refractivity contribution is 0.0844. The van der Waals surface area contributed by atoms with Gasteiger partial charge in [0.25, 0.3) is 11.8 Å². The van der Waals surface area contributed by atoms with Gasteiger partial charge in [-0.3, -0.25) is 20.4 Å². The summed E-state index contributed by atoms with van der Waals surface area (Å²) >= 11 is 0. The number of nitrogens with one attached hydrogen (secondary N) is 2. The number of benzene rings is 2. The van der Waals surface area contributed by atoms with Crippen molar-refractivity contribution in [3.8, 4) is 5.75 Å². The van der Waals surface area contributed by atoms with Crippen LogP contribution in [-0.2, 0) is 10.0 Å². The highest BCUT2D eigenvalue weighted by Crippen LogP contribution is 2.21. The van der Waals surface area contributed by atoms with Crippen LogP contribution in [0.2, 0.25) is 0 Å². The van der Waals surface area contributed by atoms with E-state index < -0.39 is 21.8 Å². The maximum absolute atomic E-state index is 12.2. The fraction of sp³-hybridized carbons (Fsp3) is 0.0667. The first kappa shape index (κ1) is 17.4. The van der Waals surface area contributed by atoms with Crippen LogP contribution >= 0.6 is 0 Å². The largest absolute Gasteiger partial charge is 0.496 e. The van der Waals surface area contributed by atoms with Crippen LogP contribution in [0, 0.1) is 0 Å². The van der Waals surface area contributed by atoms with E-state index >= 15 is 0 Å². The Morgan fingerprint density at radius 3 is 2.21 bits per heavy atom. The molecule has 0 atom stereocenters. The molecular weight excluding hydrogens is 334 g/mol. The molecule has 0 aromatic heterocycles. The molecule has 0 bridgehead atoms. The Hall–Kier alpha value is -2.91. The molecule has 2 rings (SSSR count). The number of nitrogens with two attached hydrogens (primary N) is 1. The number of hydrazine groups is 1. The summed E-state index contributed by atoms with van der Waals surface area (Å²) in [5.74, 6) is -1.14. The van der Waals surface area contributed by atoms with E-state index in [0.29, 0.717) is 5.56 Å². The molecule has 8 nitrogen and oxygen atoms in total. The van der Waals surface area contributed by atoms with Gasteiger partial charge in [0.05, 0.1) is 17.6 Å². The zero-order chi connectivity index (χ0) is 17.7. The predicted octanol–water partition coefficient (Wildman–Crippen LogP) is 0.417. The molecule has 0 saturated carbocycles. The molecule has 0 aliphatic heterocycles. The molecule has 0 unspecified atom stereocenters. The molecule has 9 heteroatoms. The third-order valence-electron chi connectivity index (χ3n) is 3.07. The summed E-state index contributed by atoms with van der Waals surface area (Å²) in [5, 5.41) is 5.05. The number of carbonyl (C=O) groups is 2. The van der Waals surface area contributed by atoms with E-state index in [9.17, 15) is 18.0 Å². The van der Waals surface area contributed by atoms with Crippen molar-refractivity contribution < 1.29 is 22.7 Å². The van der Waals surface area contributed by atoms with E-state index in [1.165, 1.54) is 19.2 Å². The van der Waals surface area contributed by atoms with Crippen molar-refractivity contribution in [2.75, 3.05) is 7.11 Å². The lowest BCUT2D eigenvalue weighted by Crippen LogP contribution is -2.41. The number of rotatable bonds is 4. The Balaban J connectivity index is 2.18. The van der Waals surface area contributed by atoms with Gasteiger partial charge in [-0.25, -0.2) is 13.6 Å². The Bertz CT molecular complexity index is 866. The maximum Gasteiger partial charge on any atom is 0.273 e. The fourth-order valence-corrected chi connectivity index (χ4v) is 2.42. The molecule has 0 heterocycles. The predicted molar refractivity (Wildman–Crippen MR) is 85.7 cm³/mol. The lowest BCUT2D eigenvalue weighted by Gasteiger charge is -2.11. The van der Waals surface area contributed by atoms with E-state index in [1.54, 1.807) is 30.3 Å². The molecule has 126 valence electrons. The molecule has 0 saturated heterocycles. The average Bonchev–Trinajstić information content (AvgIpc) is 2.58. The van der Waals surface area contributed by atoms with Crippen molar-refractivity contribution in [2.24, 2.45) is 5.14 Å². The number of amides is 2. The topological polar surface area (TPSA) is 128 Å². The molecular formula is C15H15N3O5S. The van der Waals surface area contributed by atoms with Crippen molar-refractivity contribution in [2.45, 2.75) is 4.90 Å². The van der Waals surface area contributed by atoms with E-state index in [4.69, 9.17) is 9.88 Å². The minimum atomic E-state index is -3.98. The third kappa shape index (κ3) is 4.09. The number of sulfonamides is 1. The normalized spacial score (nSPS) is 10.8. The molecule has 2 amide bonds. The van der Waals surface area contributed by atoms with Crippen LogP contribution in [0.3, 0.4) is 0 Å². The first-order valence-corrected chi connectivity index (χ1v) is 8.24. The fourth-order valence-electron chi connectivity index (χ4n) is 1.88. The summed E-state index contributed by atoms with van der Waals surface area (Å²) in [6, 6.07) is 11.8. The number of primary sulfonamides is 1. The van der Waals surface area contributed by atoms with Crippen LogP contribution in [0.1, 0.15) is 20.7 Å². The SMILES string of the molecule is COc1ccc(S(N)(=O)=O)cc1C(=O)NNC(=O)c1ccccc1. The highest BCUT2D eigenvalue weighted by Gasteiger charge is 2.18. The highest BCUT2D eigenvalue weighted by atomic mass is 32.2. The van der Waals surface area contributed by atoms with Crippen LogP contribution in [-0.4, -0.2) is 27.3 Å². The zero-order valence-corrected chi connectivity index (χ0v) is 13.5. The number of hydrogen-bond donors (Lipinski definition) is 3. The summed E-state index contributed by atoms with van der Waals surface area (Å²) < 4.78 is 27.8. The Morgan fingerprint density at radius 2 is 1.62 bits per heavy atom. The standard InChI is InChI=1S/C15H15N3O5S/c1-23-13-8-7-11(24(16,21)22)9-12(13)15(20)18-17-14(19)10-5-3-2-4-6-10/h2-9H,1H3,(H,17,19)(H,18,20)(H2,16,21,22). The lowest BCUT2D eigenvalue weighted by atomic mass is 10.2. The highest BCUT2D eigenvalue weighted by molar-refractivity contribution is 7.89. The first-order valence-electron chi connectivity index (χ1n) is 6.69. The second-order valence-electron chi connectivity index (χ2n) is 4.68. The summed E-state index contributed by atoms with van der Waals surface area (Å²) in [6.07, 6.45) is 0. The molecule has 0 aliphatic rings. The van der Waals surface area contributed by atoms with Gasteiger partial charge < -0.3 is 4.74 Å². The van der Waals surface area contributed by atoms with Crippen LogP contribution in [0.5, 0.6) is 5.75 Å². The second kappa shape index (κ2) is 7.11. The molecule has 2 aromatic rings. The van der Waals surface area contributed by atoms with Crippen molar-refractivity contribution in [3.63, 3.8) is 0 Å². The maximum atomic E-state index is 12.2. The summed E-state index contributed by atoms with van der Waals surface area (Å²) in [6.45, 7) is 0. The van der Waals surface area contributed by atoms with Crippen LogP contribution in [0.15, 0.2) is 53.4 Å². The number of methoxy groups -OCH3 is 1. The van der Waals surface area contributed by atoms with Crippen LogP contribution < -0.4 is 20.7 Å². The van der Waals surface area contributed by atoms with Gasteiger partial charge >= 0.3 is 0 Å². The van der Waals surface area contributed by atoms with Crippen LogP contribution in [0.25, 0.3) is 0 Å². The van der Waals surface area contributed by atoms with Gasteiger partial charge in [0.1, 0.15) is 5.75 Å². The minimum absolute atomic E-state index is 0.0858. The molecule has 0 fully saturated rings. The number of hydrogen-bond acceptors (Lipinski definition) is 5. The minimum Gasteiger partial charge on any atom is -0.496 e.